The lowest BCUT2D eigenvalue weighted by atomic mass is 9.91. The highest BCUT2D eigenvalue weighted by molar-refractivity contribution is 6.23. The van der Waals surface area contributed by atoms with E-state index in [2.05, 4.69) is 16.0 Å². The standard InChI is InChI=1S/C55H65N5O14/c1-7-38(35-29-46(70-4)50(72-6)47(30-35)71-5)52(64)59-26-11-8-15-42(59)55(67)74-43(21-16-33-17-22-44(68-2)45(27-33)69-3)34-13-12-14-37(28-34)73-32-49(62)57-25-10-9-24-56-36-18-19-39-40(31-36)54(66)60(53(39)65)41-20-23-48(61)58-51(41)63/h12-14,17-19,22,27-31,38,41-43,56H,7-11,15-16,20-21,23-26,32H2,1-6H3,(H,57,62)(H,58,61,63)/t38-,41?,42-,43?/m0/s1. The van der Waals surface area contributed by atoms with Crippen LogP contribution in [-0.4, -0.2) is 125 Å². The maximum atomic E-state index is 14.5. The van der Waals surface area contributed by atoms with Crippen molar-refractivity contribution in [2.45, 2.75) is 95.2 Å². The van der Waals surface area contributed by atoms with Gasteiger partial charge in [-0.1, -0.05) is 25.1 Å². The van der Waals surface area contributed by atoms with Crippen molar-refractivity contribution >= 4 is 47.1 Å². The molecule has 3 aliphatic rings. The molecule has 6 amide bonds. The highest BCUT2D eigenvalue weighted by atomic mass is 16.5. The third-order valence-electron chi connectivity index (χ3n) is 13.5. The number of fused-ring (bicyclic) bond motifs is 1. The van der Waals surface area contributed by atoms with Crippen LogP contribution in [0.1, 0.15) is 114 Å². The summed E-state index contributed by atoms with van der Waals surface area (Å²) in [6.07, 6.45) is 3.87. The fourth-order valence-corrected chi connectivity index (χ4v) is 9.64. The van der Waals surface area contributed by atoms with Gasteiger partial charge in [-0.3, -0.25) is 39.0 Å². The minimum atomic E-state index is -1.04. The van der Waals surface area contributed by atoms with E-state index in [1.807, 2.05) is 31.2 Å². The second kappa shape index (κ2) is 25.2. The molecule has 0 radical (unpaired) electrons. The Morgan fingerprint density at radius 2 is 1.47 bits per heavy atom. The Morgan fingerprint density at radius 1 is 0.743 bits per heavy atom. The van der Waals surface area contributed by atoms with Gasteiger partial charge in [-0.05, 0) is 129 Å². The first-order valence-electron chi connectivity index (χ1n) is 24.9. The molecule has 7 rings (SSSR count). The molecule has 0 saturated carbocycles. The molecular weight excluding hydrogens is 955 g/mol. The van der Waals surface area contributed by atoms with Crippen LogP contribution in [-0.2, 0) is 35.1 Å². The number of benzene rings is 4. The summed E-state index contributed by atoms with van der Waals surface area (Å²) in [5.74, 6) is -1.11. The molecule has 0 bridgehead atoms. The molecule has 0 aromatic heterocycles. The number of rotatable bonds is 24. The number of unbranched alkanes of at least 4 members (excludes halogenated alkanes) is 1. The summed E-state index contributed by atoms with van der Waals surface area (Å²) in [7, 11) is 7.69. The number of aryl methyl sites for hydroxylation is 1. The maximum absolute atomic E-state index is 14.5. The normalized spacial score (nSPS) is 17.1. The number of esters is 1. The number of carbonyl (C=O) groups excluding carboxylic acids is 7. The quantitative estimate of drug-likeness (QED) is 0.0397. The number of methoxy groups -OCH3 is 5. The van der Waals surface area contributed by atoms with Crippen LogP contribution < -0.4 is 44.4 Å². The number of carbonyl (C=O) groups is 7. The molecule has 394 valence electrons. The fraction of sp³-hybridized carbons (Fsp3) is 0.436. The molecule has 74 heavy (non-hydrogen) atoms. The number of hydrogen-bond donors (Lipinski definition) is 3. The summed E-state index contributed by atoms with van der Waals surface area (Å²) >= 11 is 0. The van der Waals surface area contributed by atoms with E-state index in [0.29, 0.717) is 109 Å². The molecule has 2 unspecified atom stereocenters. The van der Waals surface area contributed by atoms with Gasteiger partial charge in [0.05, 0.1) is 52.6 Å². The number of anilines is 1. The summed E-state index contributed by atoms with van der Waals surface area (Å²) in [6.45, 7) is 2.93. The molecule has 2 fully saturated rings. The predicted molar refractivity (Wildman–Crippen MR) is 271 cm³/mol. The lowest BCUT2D eigenvalue weighted by molar-refractivity contribution is -0.162. The number of piperidine rings is 2. The Morgan fingerprint density at radius 3 is 2.18 bits per heavy atom. The molecule has 4 atom stereocenters. The zero-order valence-electron chi connectivity index (χ0n) is 42.7. The van der Waals surface area contributed by atoms with Crippen LogP contribution in [0.15, 0.2) is 72.8 Å². The Kier molecular flexibility index (Phi) is 18.4. The minimum Gasteiger partial charge on any atom is -0.493 e. The van der Waals surface area contributed by atoms with Gasteiger partial charge in [0, 0.05) is 31.7 Å². The largest absolute Gasteiger partial charge is 0.493 e. The summed E-state index contributed by atoms with van der Waals surface area (Å²) in [5.41, 5.74) is 3.24. The number of nitrogens with zero attached hydrogens (tertiary/aromatic N) is 2. The second-order valence-corrected chi connectivity index (χ2v) is 18.2. The SMILES string of the molecule is CC[C@H](C(=O)N1CCCC[C@H]1C(=O)OC(CCc1ccc(OC)c(OC)c1)c1cccc(OCC(=O)NCCCCNc2ccc3c(c2)C(=O)N(C2CCC(=O)NC2=O)C3=O)c1)c1cc(OC)c(OC)c(OC)c1. The average Bonchev–Trinajstić information content (AvgIpc) is 3.66. The van der Waals surface area contributed by atoms with Crippen molar-refractivity contribution in [3.8, 4) is 34.5 Å². The van der Waals surface area contributed by atoms with Crippen LogP contribution in [0.2, 0.25) is 0 Å². The number of likely N-dealkylation sites (tertiary alicyclic amines) is 1. The average molecular weight is 1020 g/mol. The lowest BCUT2D eigenvalue weighted by Crippen LogP contribution is -2.54. The van der Waals surface area contributed by atoms with Crippen LogP contribution in [0.25, 0.3) is 0 Å². The van der Waals surface area contributed by atoms with Gasteiger partial charge in [-0.2, -0.15) is 0 Å². The van der Waals surface area contributed by atoms with Crippen molar-refractivity contribution in [2.75, 3.05) is 67.1 Å². The Bertz CT molecular complexity index is 2700. The van der Waals surface area contributed by atoms with E-state index in [0.717, 1.165) is 23.3 Å². The maximum Gasteiger partial charge on any atom is 0.329 e. The van der Waals surface area contributed by atoms with Crippen molar-refractivity contribution in [3.63, 3.8) is 0 Å². The molecule has 3 N–H and O–H groups in total. The van der Waals surface area contributed by atoms with Gasteiger partial charge < -0.3 is 48.7 Å². The monoisotopic (exact) mass is 1020 g/mol. The van der Waals surface area contributed by atoms with E-state index in [-0.39, 0.29) is 42.4 Å². The van der Waals surface area contributed by atoms with Crippen LogP contribution in [0, 0.1) is 0 Å². The third kappa shape index (κ3) is 12.5. The van der Waals surface area contributed by atoms with Gasteiger partial charge in [0.2, 0.25) is 23.5 Å². The summed E-state index contributed by atoms with van der Waals surface area (Å²) in [6, 6.07) is 19.2. The molecule has 3 aliphatic heterocycles. The van der Waals surface area contributed by atoms with Gasteiger partial charge in [0.15, 0.2) is 29.6 Å². The van der Waals surface area contributed by atoms with Gasteiger partial charge >= 0.3 is 5.97 Å². The smallest absolute Gasteiger partial charge is 0.329 e. The van der Waals surface area contributed by atoms with E-state index < -0.39 is 53.7 Å². The first kappa shape index (κ1) is 54.0. The molecule has 4 aromatic carbocycles. The molecule has 0 aliphatic carbocycles. The number of imide groups is 2. The van der Waals surface area contributed by atoms with E-state index in [1.54, 1.807) is 67.7 Å². The van der Waals surface area contributed by atoms with E-state index in [1.165, 1.54) is 21.3 Å². The predicted octanol–water partition coefficient (Wildman–Crippen LogP) is 6.31. The Hall–Kier alpha value is -7.83. The third-order valence-corrected chi connectivity index (χ3v) is 13.5. The van der Waals surface area contributed by atoms with Gasteiger partial charge in [0.25, 0.3) is 17.7 Å². The molecule has 3 heterocycles. The molecule has 2 saturated heterocycles. The van der Waals surface area contributed by atoms with Gasteiger partial charge in [-0.25, -0.2) is 4.79 Å². The molecule has 19 nitrogen and oxygen atoms in total. The fourth-order valence-electron chi connectivity index (χ4n) is 9.64. The number of amides is 6. The number of hydrogen-bond acceptors (Lipinski definition) is 15. The Balaban J connectivity index is 0.955. The topological polar surface area (TPSA) is 227 Å². The van der Waals surface area contributed by atoms with Crippen LogP contribution >= 0.6 is 0 Å². The molecule has 4 aromatic rings. The number of ether oxygens (including phenoxy) is 7. The van der Waals surface area contributed by atoms with Crippen molar-refractivity contribution in [3.05, 3.63) is 101 Å². The zero-order valence-corrected chi connectivity index (χ0v) is 42.7. The Labute approximate surface area is 430 Å². The minimum absolute atomic E-state index is 0.0399. The van der Waals surface area contributed by atoms with Crippen LogP contribution in [0.3, 0.4) is 0 Å². The van der Waals surface area contributed by atoms with Crippen molar-refractivity contribution in [1.29, 1.82) is 0 Å². The number of nitrogens with one attached hydrogen (secondary N) is 3. The van der Waals surface area contributed by atoms with Crippen LogP contribution in [0.4, 0.5) is 5.69 Å². The first-order chi connectivity index (χ1) is 35.8. The molecule has 19 heteroatoms. The summed E-state index contributed by atoms with van der Waals surface area (Å²) < 4.78 is 40.1. The highest BCUT2D eigenvalue weighted by Gasteiger charge is 2.45. The summed E-state index contributed by atoms with van der Waals surface area (Å²) in [4.78, 5) is 94.8. The second-order valence-electron chi connectivity index (χ2n) is 18.2. The van der Waals surface area contributed by atoms with Crippen LogP contribution in [0.5, 0.6) is 34.5 Å². The van der Waals surface area contributed by atoms with Crippen molar-refractivity contribution in [1.82, 2.24) is 20.4 Å². The molecule has 0 spiro atoms. The molecular formula is C55H65N5O14. The van der Waals surface area contributed by atoms with Gasteiger partial charge in [0.1, 0.15) is 23.9 Å². The van der Waals surface area contributed by atoms with Crippen molar-refractivity contribution in [2.24, 2.45) is 0 Å². The van der Waals surface area contributed by atoms with Crippen molar-refractivity contribution < 1.29 is 66.7 Å². The first-order valence-corrected chi connectivity index (χ1v) is 24.9. The van der Waals surface area contributed by atoms with E-state index in [9.17, 15) is 33.6 Å². The van der Waals surface area contributed by atoms with E-state index >= 15 is 0 Å². The van der Waals surface area contributed by atoms with Gasteiger partial charge in [-0.15, -0.1) is 0 Å². The lowest BCUT2D eigenvalue weighted by Gasteiger charge is -2.37. The summed E-state index contributed by atoms with van der Waals surface area (Å²) in [5, 5.41) is 8.31. The van der Waals surface area contributed by atoms with E-state index in [4.69, 9.17) is 33.2 Å². The zero-order chi connectivity index (χ0) is 52.9. The highest BCUT2D eigenvalue weighted by Crippen LogP contribution is 2.42.